The van der Waals surface area contributed by atoms with E-state index in [4.69, 9.17) is 4.74 Å². The Morgan fingerprint density at radius 2 is 1.94 bits per heavy atom. The van der Waals surface area contributed by atoms with E-state index >= 15 is 0 Å². The lowest BCUT2D eigenvalue weighted by atomic mass is 10.2. The molecule has 0 radical (unpaired) electrons. The van der Waals surface area contributed by atoms with Crippen LogP contribution >= 0.6 is 27.3 Å². The first-order chi connectivity index (χ1) is 8.63. The summed E-state index contributed by atoms with van der Waals surface area (Å²) in [7, 11) is 3.38. The fourth-order valence-corrected chi connectivity index (χ4v) is 3.04. The molecule has 0 aliphatic rings. The predicted octanol–water partition coefficient (Wildman–Crippen LogP) is 3.80. The number of rotatable bonds is 3. The molecular weight excluding hydrogens is 314 g/mol. The third kappa shape index (κ3) is 2.57. The summed E-state index contributed by atoms with van der Waals surface area (Å²) in [5.41, 5.74) is 0.834. The zero-order chi connectivity index (χ0) is 13.1. The van der Waals surface area contributed by atoms with Gasteiger partial charge >= 0.3 is 0 Å². The number of methoxy groups -OCH3 is 1. The Hall–Kier alpha value is -1.33. The minimum absolute atomic E-state index is 0.0259. The van der Waals surface area contributed by atoms with Crippen molar-refractivity contribution in [3.63, 3.8) is 0 Å². The molecule has 0 atom stereocenters. The molecule has 0 bridgehead atoms. The van der Waals surface area contributed by atoms with Gasteiger partial charge in [-0.2, -0.15) is 0 Å². The largest absolute Gasteiger partial charge is 0.497 e. The van der Waals surface area contributed by atoms with E-state index in [1.54, 1.807) is 19.1 Å². The van der Waals surface area contributed by atoms with Crippen LogP contribution in [-0.2, 0) is 0 Å². The van der Waals surface area contributed by atoms with Gasteiger partial charge in [0.25, 0.3) is 5.91 Å². The first-order valence-corrected chi connectivity index (χ1v) is 6.96. The summed E-state index contributed by atoms with van der Waals surface area (Å²) in [6.45, 7) is 0. The van der Waals surface area contributed by atoms with Gasteiger partial charge < -0.3 is 9.64 Å². The molecule has 0 aliphatic heterocycles. The van der Waals surface area contributed by atoms with Gasteiger partial charge in [0, 0.05) is 17.2 Å². The van der Waals surface area contributed by atoms with Crippen molar-refractivity contribution in [1.29, 1.82) is 0 Å². The number of halogens is 1. The van der Waals surface area contributed by atoms with Gasteiger partial charge in [0.1, 0.15) is 10.6 Å². The number of anilines is 1. The molecule has 1 aromatic heterocycles. The van der Waals surface area contributed by atoms with Crippen LogP contribution in [0.3, 0.4) is 0 Å². The first-order valence-electron chi connectivity index (χ1n) is 5.28. The van der Waals surface area contributed by atoms with E-state index in [1.807, 2.05) is 35.7 Å². The van der Waals surface area contributed by atoms with Crippen LogP contribution in [0, 0.1) is 0 Å². The number of carbonyl (C=O) groups excluding carboxylic acids is 1. The van der Waals surface area contributed by atoms with E-state index in [9.17, 15) is 4.79 Å². The highest BCUT2D eigenvalue weighted by Gasteiger charge is 2.17. The highest BCUT2D eigenvalue weighted by Crippen LogP contribution is 2.26. The fourth-order valence-electron chi connectivity index (χ4n) is 1.52. The fraction of sp³-hybridized carbons (Fsp3) is 0.154. The second-order valence-electron chi connectivity index (χ2n) is 3.66. The maximum atomic E-state index is 12.3. The van der Waals surface area contributed by atoms with Crippen molar-refractivity contribution in [3.05, 3.63) is 45.1 Å². The van der Waals surface area contributed by atoms with Crippen molar-refractivity contribution < 1.29 is 9.53 Å². The highest BCUT2D eigenvalue weighted by molar-refractivity contribution is 9.10. The quantitative estimate of drug-likeness (QED) is 0.859. The Morgan fingerprint density at radius 1 is 1.28 bits per heavy atom. The molecule has 3 nitrogen and oxygen atoms in total. The smallest absolute Gasteiger partial charge is 0.269 e. The lowest BCUT2D eigenvalue weighted by molar-refractivity contribution is 0.0996. The summed E-state index contributed by atoms with van der Waals surface area (Å²) >= 11 is 4.80. The zero-order valence-electron chi connectivity index (χ0n) is 10.0. The van der Waals surface area contributed by atoms with Crippen LogP contribution in [-0.4, -0.2) is 20.1 Å². The molecule has 0 spiro atoms. The Bertz CT molecular complexity index is 550. The topological polar surface area (TPSA) is 29.5 Å². The van der Waals surface area contributed by atoms with Gasteiger partial charge in [-0.05, 0) is 51.6 Å². The minimum Gasteiger partial charge on any atom is -0.497 e. The minimum atomic E-state index is -0.0259. The molecular formula is C13H12BrNO2S. The number of carbonyl (C=O) groups is 1. The van der Waals surface area contributed by atoms with Crippen molar-refractivity contribution in [2.45, 2.75) is 0 Å². The van der Waals surface area contributed by atoms with Crippen LogP contribution < -0.4 is 9.64 Å². The van der Waals surface area contributed by atoms with E-state index < -0.39 is 0 Å². The van der Waals surface area contributed by atoms with E-state index in [2.05, 4.69) is 15.9 Å². The molecule has 0 fully saturated rings. The maximum absolute atomic E-state index is 12.3. The summed E-state index contributed by atoms with van der Waals surface area (Å²) < 4.78 is 5.92. The average Bonchev–Trinajstić information content (AvgIpc) is 2.83. The Morgan fingerprint density at radius 3 is 2.44 bits per heavy atom. The van der Waals surface area contributed by atoms with E-state index in [1.165, 1.54) is 11.3 Å². The third-order valence-electron chi connectivity index (χ3n) is 2.58. The number of benzene rings is 1. The third-order valence-corrected chi connectivity index (χ3v) is 4.40. The molecule has 1 heterocycles. The van der Waals surface area contributed by atoms with Crippen LogP contribution in [0.25, 0.3) is 0 Å². The number of nitrogens with zero attached hydrogens (tertiary/aromatic N) is 1. The second-order valence-corrected chi connectivity index (χ2v) is 5.43. The maximum Gasteiger partial charge on any atom is 0.269 e. The number of hydrogen-bond acceptors (Lipinski definition) is 3. The normalized spacial score (nSPS) is 10.2. The van der Waals surface area contributed by atoms with Gasteiger partial charge in [-0.1, -0.05) is 0 Å². The molecule has 2 aromatic rings. The number of hydrogen-bond donors (Lipinski definition) is 0. The summed E-state index contributed by atoms with van der Waals surface area (Å²) in [5.74, 6) is 0.749. The second kappa shape index (κ2) is 5.54. The van der Waals surface area contributed by atoms with Gasteiger partial charge in [-0.15, -0.1) is 11.3 Å². The van der Waals surface area contributed by atoms with E-state index in [0.29, 0.717) is 4.88 Å². The predicted molar refractivity (Wildman–Crippen MR) is 77.7 cm³/mol. The summed E-state index contributed by atoms with van der Waals surface area (Å²) in [4.78, 5) is 14.6. The van der Waals surface area contributed by atoms with Gasteiger partial charge in [0.15, 0.2) is 0 Å². The lowest BCUT2D eigenvalue weighted by Gasteiger charge is -2.17. The summed E-state index contributed by atoms with van der Waals surface area (Å²) in [5, 5.41) is 1.89. The summed E-state index contributed by atoms with van der Waals surface area (Å²) in [6, 6.07) is 9.27. The van der Waals surface area contributed by atoms with Gasteiger partial charge in [0.2, 0.25) is 0 Å². The lowest BCUT2D eigenvalue weighted by Crippen LogP contribution is -2.25. The van der Waals surface area contributed by atoms with Crippen molar-refractivity contribution in [2.75, 3.05) is 19.1 Å². The van der Waals surface area contributed by atoms with Crippen molar-refractivity contribution in [2.24, 2.45) is 0 Å². The van der Waals surface area contributed by atoms with Crippen molar-refractivity contribution >= 4 is 38.9 Å². The van der Waals surface area contributed by atoms with E-state index in [0.717, 1.165) is 15.9 Å². The molecule has 1 aromatic carbocycles. The SMILES string of the molecule is COc1ccc(N(C)C(=O)c2sccc2Br)cc1. The molecule has 0 saturated heterocycles. The van der Waals surface area contributed by atoms with Gasteiger partial charge in [-0.25, -0.2) is 0 Å². The van der Waals surface area contributed by atoms with Gasteiger partial charge in [-0.3, -0.25) is 4.79 Å². The van der Waals surface area contributed by atoms with Crippen molar-refractivity contribution in [3.8, 4) is 5.75 Å². The highest BCUT2D eigenvalue weighted by atomic mass is 79.9. The van der Waals surface area contributed by atoms with Crippen LogP contribution in [0.15, 0.2) is 40.2 Å². The van der Waals surface area contributed by atoms with Crippen LogP contribution in [0.4, 0.5) is 5.69 Å². The summed E-state index contributed by atoms with van der Waals surface area (Å²) in [6.07, 6.45) is 0. The van der Waals surface area contributed by atoms with E-state index in [-0.39, 0.29) is 5.91 Å². The molecule has 0 unspecified atom stereocenters. The Balaban J connectivity index is 2.23. The molecule has 1 amide bonds. The Kier molecular flexibility index (Phi) is 4.04. The molecule has 0 aliphatic carbocycles. The number of thiophene rings is 1. The number of ether oxygens (including phenoxy) is 1. The monoisotopic (exact) mass is 325 g/mol. The van der Waals surface area contributed by atoms with Crippen LogP contribution in [0.1, 0.15) is 9.67 Å². The number of amides is 1. The molecule has 18 heavy (non-hydrogen) atoms. The molecule has 94 valence electrons. The molecule has 0 N–H and O–H groups in total. The average molecular weight is 326 g/mol. The molecule has 2 rings (SSSR count). The van der Waals surface area contributed by atoms with Crippen LogP contribution in [0.5, 0.6) is 5.75 Å². The molecule has 5 heteroatoms. The standard InChI is InChI=1S/C13H12BrNO2S/c1-15(9-3-5-10(17-2)6-4-9)13(16)12-11(14)7-8-18-12/h3-8H,1-2H3. The zero-order valence-corrected chi connectivity index (χ0v) is 12.4. The Labute approximate surface area is 118 Å². The van der Waals surface area contributed by atoms with Gasteiger partial charge in [0.05, 0.1) is 7.11 Å². The van der Waals surface area contributed by atoms with Crippen LogP contribution in [0.2, 0.25) is 0 Å². The first kappa shape index (κ1) is 13.1. The van der Waals surface area contributed by atoms with Crippen molar-refractivity contribution in [1.82, 2.24) is 0 Å². The molecule has 0 saturated carbocycles.